The molecule has 0 radical (unpaired) electrons. The Labute approximate surface area is 135 Å². The molecule has 0 aromatic carbocycles. The Morgan fingerprint density at radius 2 is 1.57 bits per heavy atom. The highest BCUT2D eigenvalue weighted by atomic mass is 19.4. The number of carbonyl (C=O) groups is 2. The van der Waals surface area contributed by atoms with Crippen molar-refractivity contribution in [2.75, 3.05) is 6.54 Å². The van der Waals surface area contributed by atoms with E-state index in [1.807, 2.05) is 13.8 Å². The molecule has 5 nitrogen and oxygen atoms in total. The van der Waals surface area contributed by atoms with Crippen LogP contribution in [-0.2, 0) is 9.59 Å². The van der Waals surface area contributed by atoms with E-state index in [4.69, 9.17) is 0 Å². The fourth-order valence-corrected chi connectivity index (χ4v) is 1.56. The standard InChI is InChI=1S/C15H27F3N2O3/c1-9(2)7-10(20-12(22)13(3,4)5)11(21)19-8-14(6,23)15(16,17)18/h9-10,23H,7-8H2,1-6H3,(H,19,21)(H,20,22)/t10-,14?/m0/s1. The Hall–Kier alpha value is -1.31. The second-order valence-electron chi connectivity index (χ2n) is 7.40. The van der Waals surface area contributed by atoms with Crippen molar-refractivity contribution in [1.29, 1.82) is 0 Å². The highest BCUT2D eigenvalue weighted by Gasteiger charge is 2.50. The Bertz CT molecular complexity index is 427. The SMILES string of the molecule is CC(C)C[C@H](NC(=O)C(C)(C)C)C(=O)NCC(C)(O)C(F)(F)F. The van der Waals surface area contributed by atoms with Gasteiger partial charge in [-0.05, 0) is 19.3 Å². The van der Waals surface area contributed by atoms with E-state index >= 15 is 0 Å². The Morgan fingerprint density at radius 1 is 1.09 bits per heavy atom. The largest absolute Gasteiger partial charge is 0.418 e. The summed E-state index contributed by atoms with van der Waals surface area (Å²) >= 11 is 0. The lowest BCUT2D eigenvalue weighted by Gasteiger charge is -2.29. The van der Waals surface area contributed by atoms with E-state index in [1.165, 1.54) is 0 Å². The molecule has 23 heavy (non-hydrogen) atoms. The molecule has 0 spiro atoms. The third-order valence-corrected chi connectivity index (χ3v) is 3.23. The smallest absolute Gasteiger partial charge is 0.379 e. The highest BCUT2D eigenvalue weighted by molar-refractivity contribution is 5.89. The topological polar surface area (TPSA) is 78.4 Å². The van der Waals surface area contributed by atoms with Gasteiger partial charge in [0.1, 0.15) is 6.04 Å². The van der Waals surface area contributed by atoms with Crippen molar-refractivity contribution < 1.29 is 27.9 Å². The molecule has 0 aromatic rings. The number of nitrogens with one attached hydrogen (secondary N) is 2. The Balaban J connectivity index is 4.93. The van der Waals surface area contributed by atoms with Crippen LogP contribution in [0, 0.1) is 11.3 Å². The molecule has 8 heteroatoms. The zero-order valence-electron chi connectivity index (χ0n) is 14.5. The van der Waals surface area contributed by atoms with Gasteiger partial charge in [-0.3, -0.25) is 9.59 Å². The van der Waals surface area contributed by atoms with Crippen molar-refractivity contribution in [3.8, 4) is 0 Å². The Morgan fingerprint density at radius 3 is 1.91 bits per heavy atom. The molecular formula is C15H27F3N2O3. The van der Waals surface area contributed by atoms with Gasteiger partial charge in [0.25, 0.3) is 0 Å². The van der Waals surface area contributed by atoms with Crippen molar-refractivity contribution >= 4 is 11.8 Å². The van der Waals surface area contributed by atoms with Crippen LogP contribution in [0.3, 0.4) is 0 Å². The summed E-state index contributed by atoms with van der Waals surface area (Å²) in [7, 11) is 0. The predicted molar refractivity (Wildman–Crippen MR) is 80.5 cm³/mol. The molecule has 0 saturated heterocycles. The summed E-state index contributed by atoms with van der Waals surface area (Å²) in [6.07, 6.45) is -4.58. The van der Waals surface area contributed by atoms with E-state index < -0.39 is 35.7 Å². The lowest BCUT2D eigenvalue weighted by molar-refractivity contribution is -0.250. The van der Waals surface area contributed by atoms with Crippen LogP contribution in [-0.4, -0.2) is 41.3 Å². The number of halogens is 3. The van der Waals surface area contributed by atoms with Crippen molar-refractivity contribution in [1.82, 2.24) is 10.6 Å². The first-order chi connectivity index (χ1) is 10.1. The molecule has 3 N–H and O–H groups in total. The lowest BCUT2D eigenvalue weighted by atomic mass is 9.94. The van der Waals surface area contributed by atoms with Crippen LogP contribution in [0.15, 0.2) is 0 Å². The van der Waals surface area contributed by atoms with Gasteiger partial charge >= 0.3 is 6.18 Å². The summed E-state index contributed by atoms with van der Waals surface area (Å²) in [6, 6.07) is -0.953. The minimum Gasteiger partial charge on any atom is -0.379 e. The van der Waals surface area contributed by atoms with E-state index in [9.17, 15) is 27.9 Å². The summed E-state index contributed by atoms with van der Waals surface area (Å²) in [6.45, 7) is 8.27. The minimum atomic E-state index is -4.86. The third kappa shape index (κ3) is 7.20. The van der Waals surface area contributed by atoms with Crippen LogP contribution in [0.2, 0.25) is 0 Å². The van der Waals surface area contributed by atoms with Gasteiger partial charge in [0.2, 0.25) is 11.8 Å². The van der Waals surface area contributed by atoms with Gasteiger partial charge in [-0.2, -0.15) is 13.2 Å². The molecule has 0 aliphatic rings. The van der Waals surface area contributed by atoms with Crippen LogP contribution in [0.4, 0.5) is 13.2 Å². The quantitative estimate of drug-likeness (QED) is 0.692. The summed E-state index contributed by atoms with van der Waals surface area (Å²) in [5, 5.41) is 14.0. The molecule has 0 aliphatic heterocycles. The first-order valence-electron chi connectivity index (χ1n) is 7.45. The number of alkyl halides is 3. The fourth-order valence-electron chi connectivity index (χ4n) is 1.56. The molecule has 0 aliphatic carbocycles. The average Bonchev–Trinajstić information content (AvgIpc) is 2.31. The van der Waals surface area contributed by atoms with Gasteiger partial charge in [-0.1, -0.05) is 34.6 Å². The van der Waals surface area contributed by atoms with Gasteiger partial charge in [0.15, 0.2) is 5.60 Å². The number of amides is 2. The van der Waals surface area contributed by atoms with Gasteiger partial charge in [-0.15, -0.1) is 0 Å². The van der Waals surface area contributed by atoms with Gasteiger partial charge in [0, 0.05) is 5.41 Å². The maximum Gasteiger partial charge on any atom is 0.418 e. The van der Waals surface area contributed by atoms with Gasteiger partial charge in [-0.25, -0.2) is 0 Å². The molecule has 0 bridgehead atoms. The predicted octanol–water partition coefficient (Wildman–Crippen LogP) is 1.99. The first kappa shape index (κ1) is 21.7. The van der Waals surface area contributed by atoms with E-state index in [1.54, 1.807) is 20.8 Å². The van der Waals surface area contributed by atoms with E-state index in [0.29, 0.717) is 6.92 Å². The van der Waals surface area contributed by atoms with Crippen molar-refractivity contribution in [2.45, 2.75) is 65.8 Å². The van der Waals surface area contributed by atoms with E-state index in [-0.39, 0.29) is 18.2 Å². The molecule has 0 saturated carbocycles. The van der Waals surface area contributed by atoms with Crippen molar-refractivity contribution in [2.24, 2.45) is 11.3 Å². The molecule has 1 unspecified atom stereocenters. The van der Waals surface area contributed by atoms with E-state index in [0.717, 1.165) is 0 Å². The second-order valence-corrected chi connectivity index (χ2v) is 7.40. The van der Waals surface area contributed by atoms with Gasteiger partial charge < -0.3 is 15.7 Å². The van der Waals surface area contributed by atoms with Crippen molar-refractivity contribution in [3.63, 3.8) is 0 Å². The molecular weight excluding hydrogens is 313 g/mol. The molecule has 0 heterocycles. The summed E-state index contributed by atoms with van der Waals surface area (Å²) < 4.78 is 37.8. The summed E-state index contributed by atoms with van der Waals surface area (Å²) in [4.78, 5) is 24.1. The zero-order chi connectivity index (χ0) is 18.6. The first-order valence-corrected chi connectivity index (χ1v) is 7.45. The maximum absolute atomic E-state index is 12.6. The molecule has 0 rings (SSSR count). The molecule has 0 aromatic heterocycles. The second kappa shape index (κ2) is 7.51. The Kier molecular flexibility index (Phi) is 7.08. The average molecular weight is 340 g/mol. The number of hydrogen-bond donors (Lipinski definition) is 3. The summed E-state index contributed by atoms with van der Waals surface area (Å²) in [5.41, 5.74) is -3.76. The van der Waals surface area contributed by atoms with Gasteiger partial charge in [0.05, 0.1) is 6.54 Å². The van der Waals surface area contributed by atoms with E-state index in [2.05, 4.69) is 10.6 Å². The molecule has 0 fully saturated rings. The highest BCUT2D eigenvalue weighted by Crippen LogP contribution is 2.29. The maximum atomic E-state index is 12.6. The number of carbonyl (C=O) groups excluding carboxylic acids is 2. The van der Waals surface area contributed by atoms with Crippen LogP contribution < -0.4 is 10.6 Å². The number of rotatable bonds is 6. The molecule has 136 valence electrons. The number of aliphatic hydroxyl groups is 1. The monoisotopic (exact) mass is 340 g/mol. The van der Waals surface area contributed by atoms with Crippen LogP contribution >= 0.6 is 0 Å². The lowest BCUT2D eigenvalue weighted by Crippen LogP contribution is -2.56. The normalized spacial score (nSPS) is 16.7. The number of hydrogen-bond acceptors (Lipinski definition) is 3. The zero-order valence-corrected chi connectivity index (χ0v) is 14.5. The van der Waals surface area contributed by atoms with Crippen molar-refractivity contribution in [3.05, 3.63) is 0 Å². The van der Waals surface area contributed by atoms with Crippen LogP contribution in [0.5, 0.6) is 0 Å². The fraction of sp³-hybridized carbons (Fsp3) is 0.867. The van der Waals surface area contributed by atoms with Crippen LogP contribution in [0.1, 0.15) is 48.0 Å². The van der Waals surface area contributed by atoms with Crippen LogP contribution in [0.25, 0.3) is 0 Å². The summed E-state index contributed by atoms with van der Waals surface area (Å²) in [5.74, 6) is -1.07. The minimum absolute atomic E-state index is 0.0501. The molecule has 2 atom stereocenters. The molecule has 2 amide bonds. The third-order valence-electron chi connectivity index (χ3n) is 3.23.